The van der Waals surface area contributed by atoms with Gasteiger partial charge in [0.05, 0.1) is 11.2 Å². The van der Waals surface area contributed by atoms with Gasteiger partial charge in [0.2, 0.25) is 0 Å². The first kappa shape index (κ1) is 25.8. The number of guanidine groups is 1. The number of nitrogens with one attached hydrogen (secondary N) is 4. The Morgan fingerprint density at radius 2 is 1.90 bits per heavy atom. The van der Waals surface area contributed by atoms with E-state index in [-0.39, 0.29) is 35.8 Å². The molecule has 0 atom stereocenters. The highest BCUT2D eigenvalue weighted by atomic mass is 127. The maximum absolute atomic E-state index is 12.1. The van der Waals surface area contributed by atoms with Crippen molar-refractivity contribution in [3.8, 4) is 0 Å². The topological polar surface area (TPSA) is 108 Å². The van der Waals surface area contributed by atoms with E-state index in [0.717, 1.165) is 24.2 Å². The van der Waals surface area contributed by atoms with E-state index in [1.54, 1.807) is 18.6 Å². The van der Waals surface area contributed by atoms with Gasteiger partial charge in [-0.25, -0.2) is 4.98 Å². The number of benzene rings is 1. The zero-order valence-corrected chi connectivity index (χ0v) is 20.6. The molecule has 10 heteroatoms. The van der Waals surface area contributed by atoms with Crippen LogP contribution in [-0.2, 0) is 6.42 Å². The number of aryl methyl sites for hydroxylation is 1. The number of halogens is 1. The van der Waals surface area contributed by atoms with Crippen LogP contribution in [0.15, 0.2) is 34.8 Å². The smallest absolute Gasteiger partial charge is 0.263 e. The van der Waals surface area contributed by atoms with Gasteiger partial charge in [-0.15, -0.1) is 35.3 Å². The molecule has 0 bridgehead atoms. The molecule has 0 aliphatic rings. The number of carbonyl (C=O) groups excluding carboxylic acids is 2. The lowest BCUT2D eigenvalue weighted by molar-refractivity contribution is 0.0951. The van der Waals surface area contributed by atoms with E-state index in [4.69, 9.17) is 0 Å². The molecule has 1 heterocycles. The summed E-state index contributed by atoms with van der Waals surface area (Å²) >= 11 is 1.34. The van der Waals surface area contributed by atoms with Gasteiger partial charge < -0.3 is 21.3 Å². The number of aliphatic imine (C=N–C) groups is 1. The summed E-state index contributed by atoms with van der Waals surface area (Å²) in [5, 5.41) is 11.9. The SMILES string of the molecule is CCNC(=NCCc1cccc(C(=O)NC)c1)NCCNC(=O)c1scnc1C.I. The monoisotopic (exact) mass is 544 g/mol. The van der Waals surface area contributed by atoms with Crippen molar-refractivity contribution >= 4 is 53.1 Å². The van der Waals surface area contributed by atoms with Gasteiger partial charge in [-0.3, -0.25) is 14.6 Å². The predicted octanol–water partition coefficient (Wildman–Crippen LogP) is 1.96. The van der Waals surface area contributed by atoms with Crippen molar-refractivity contribution in [2.24, 2.45) is 4.99 Å². The molecule has 2 rings (SSSR count). The van der Waals surface area contributed by atoms with E-state index in [1.807, 2.05) is 32.0 Å². The number of nitrogens with zero attached hydrogens (tertiary/aromatic N) is 2. The minimum absolute atomic E-state index is 0. The summed E-state index contributed by atoms with van der Waals surface area (Å²) in [5.41, 5.74) is 4.11. The van der Waals surface area contributed by atoms with Crippen molar-refractivity contribution in [2.45, 2.75) is 20.3 Å². The van der Waals surface area contributed by atoms with E-state index in [2.05, 4.69) is 31.2 Å². The minimum Gasteiger partial charge on any atom is -0.357 e. The third-order valence-electron chi connectivity index (χ3n) is 4.09. The van der Waals surface area contributed by atoms with Gasteiger partial charge >= 0.3 is 0 Å². The number of thiazole rings is 1. The molecule has 0 fully saturated rings. The van der Waals surface area contributed by atoms with Gasteiger partial charge in [-0.1, -0.05) is 12.1 Å². The van der Waals surface area contributed by atoms with Crippen LogP contribution in [0.2, 0.25) is 0 Å². The second-order valence-electron chi connectivity index (χ2n) is 6.24. The average Bonchev–Trinajstić information content (AvgIpc) is 3.16. The van der Waals surface area contributed by atoms with Crippen molar-refractivity contribution in [3.05, 3.63) is 51.5 Å². The molecule has 30 heavy (non-hydrogen) atoms. The Morgan fingerprint density at radius 1 is 1.13 bits per heavy atom. The standard InChI is InChI=1S/C20H28N6O2S.HI/c1-4-22-20(25-11-10-23-19(28)17-14(2)26-13-29-17)24-9-8-15-6-5-7-16(12-15)18(27)21-3;/h5-7,12-13H,4,8-11H2,1-3H3,(H,21,27)(H,23,28)(H2,22,24,25);1H. The van der Waals surface area contributed by atoms with Crippen LogP contribution >= 0.6 is 35.3 Å². The van der Waals surface area contributed by atoms with Gasteiger partial charge in [0.15, 0.2) is 5.96 Å². The fraction of sp³-hybridized carbons (Fsp3) is 0.400. The van der Waals surface area contributed by atoms with Crippen LogP contribution in [0, 0.1) is 6.92 Å². The van der Waals surface area contributed by atoms with E-state index in [9.17, 15) is 9.59 Å². The van der Waals surface area contributed by atoms with E-state index < -0.39 is 0 Å². The van der Waals surface area contributed by atoms with Gasteiger partial charge in [-0.05, 0) is 38.0 Å². The third-order valence-corrected chi connectivity index (χ3v) is 5.01. The molecule has 0 unspecified atom stereocenters. The van der Waals surface area contributed by atoms with Crippen LogP contribution in [0.1, 0.15) is 38.2 Å². The van der Waals surface area contributed by atoms with Gasteiger partial charge in [-0.2, -0.15) is 0 Å². The van der Waals surface area contributed by atoms with E-state index >= 15 is 0 Å². The summed E-state index contributed by atoms with van der Waals surface area (Å²) in [6, 6.07) is 7.53. The Bertz CT molecular complexity index is 855. The first-order valence-corrected chi connectivity index (χ1v) is 10.4. The summed E-state index contributed by atoms with van der Waals surface area (Å²) in [6.45, 7) is 6.18. The minimum atomic E-state index is -0.107. The summed E-state index contributed by atoms with van der Waals surface area (Å²) in [5.74, 6) is 0.490. The fourth-order valence-corrected chi connectivity index (χ4v) is 3.33. The molecule has 4 N–H and O–H groups in total. The molecule has 2 aromatic rings. The van der Waals surface area contributed by atoms with Crippen molar-refractivity contribution in [1.82, 2.24) is 26.3 Å². The summed E-state index contributed by atoms with van der Waals surface area (Å²) in [6.07, 6.45) is 0.725. The Labute approximate surface area is 198 Å². The second-order valence-corrected chi connectivity index (χ2v) is 7.09. The van der Waals surface area contributed by atoms with Gasteiger partial charge in [0.1, 0.15) is 4.88 Å². The summed E-state index contributed by atoms with van der Waals surface area (Å²) < 4.78 is 0. The van der Waals surface area contributed by atoms with Crippen LogP contribution in [0.25, 0.3) is 0 Å². The fourth-order valence-electron chi connectivity index (χ4n) is 2.61. The molecule has 2 amide bonds. The van der Waals surface area contributed by atoms with E-state index in [0.29, 0.717) is 36.0 Å². The molecule has 0 aliphatic heterocycles. The number of aromatic nitrogens is 1. The number of hydrogen-bond acceptors (Lipinski definition) is 5. The molecular weight excluding hydrogens is 515 g/mol. The summed E-state index contributed by atoms with van der Waals surface area (Å²) in [7, 11) is 1.62. The first-order valence-electron chi connectivity index (χ1n) is 9.56. The lowest BCUT2D eigenvalue weighted by Gasteiger charge is -2.12. The largest absolute Gasteiger partial charge is 0.357 e. The quantitative estimate of drug-likeness (QED) is 0.167. The lowest BCUT2D eigenvalue weighted by Crippen LogP contribution is -2.41. The van der Waals surface area contributed by atoms with E-state index in [1.165, 1.54) is 11.3 Å². The number of carbonyl (C=O) groups is 2. The van der Waals surface area contributed by atoms with Crippen LogP contribution in [0.4, 0.5) is 0 Å². The highest BCUT2D eigenvalue weighted by Gasteiger charge is 2.10. The Morgan fingerprint density at radius 3 is 2.57 bits per heavy atom. The van der Waals surface area contributed by atoms with Crippen molar-refractivity contribution in [3.63, 3.8) is 0 Å². The molecule has 0 saturated carbocycles. The highest BCUT2D eigenvalue weighted by Crippen LogP contribution is 2.11. The molecule has 1 aromatic carbocycles. The molecule has 0 radical (unpaired) electrons. The maximum Gasteiger partial charge on any atom is 0.263 e. The molecular formula is C20H29IN6O2S. The number of amides is 2. The van der Waals surface area contributed by atoms with Crippen LogP contribution in [0.5, 0.6) is 0 Å². The Hall–Kier alpha value is -2.21. The Balaban J connectivity index is 0.00000450. The normalized spacial score (nSPS) is 10.7. The third kappa shape index (κ3) is 8.27. The summed E-state index contributed by atoms with van der Waals surface area (Å²) in [4.78, 5) is 33.1. The molecule has 164 valence electrons. The predicted molar refractivity (Wildman–Crippen MR) is 132 cm³/mol. The maximum atomic E-state index is 12.1. The number of rotatable bonds is 9. The zero-order chi connectivity index (χ0) is 21.1. The highest BCUT2D eigenvalue weighted by molar-refractivity contribution is 14.0. The first-order chi connectivity index (χ1) is 14.0. The van der Waals surface area contributed by atoms with Crippen molar-refractivity contribution < 1.29 is 9.59 Å². The number of hydrogen-bond donors (Lipinski definition) is 4. The molecule has 0 aliphatic carbocycles. The molecule has 0 saturated heterocycles. The lowest BCUT2D eigenvalue weighted by atomic mass is 10.1. The van der Waals surface area contributed by atoms with Gasteiger partial charge in [0, 0.05) is 38.8 Å². The van der Waals surface area contributed by atoms with Crippen LogP contribution in [0.3, 0.4) is 0 Å². The average molecular weight is 544 g/mol. The Kier molecular flexibility index (Phi) is 12.0. The molecule has 0 spiro atoms. The van der Waals surface area contributed by atoms with Gasteiger partial charge in [0.25, 0.3) is 11.8 Å². The molecule has 1 aromatic heterocycles. The zero-order valence-electron chi connectivity index (χ0n) is 17.4. The second kappa shape index (κ2) is 13.9. The van der Waals surface area contributed by atoms with Crippen molar-refractivity contribution in [1.29, 1.82) is 0 Å². The van der Waals surface area contributed by atoms with Crippen LogP contribution < -0.4 is 21.3 Å². The molecule has 8 nitrogen and oxygen atoms in total. The van der Waals surface area contributed by atoms with Crippen molar-refractivity contribution in [2.75, 3.05) is 33.2 Å². The van der Waals surface area contributed by atoms with Crippen LogP contribution in [-0.4, -0.2) is 56.0 Å².